The maximum atomic E-state index is 8.95. The molecule has 3 heteroatoms. The van der Waals surface area contributed by atoms with Crippen LogP contribution in [0, 0.1) is 0 Å². The first-order chi connectivity index (χ1) is 3.72. The molecule has 1 rings (SSSR count). The van der Waals surface area contributed by atoms with Gasteiger partial charge in [-0.1, -0.05) is 12.2 Å². The summed E-state index contributed by atoms with van der Waals surface area (Å²) in [5.41, 5.74) is 0. The van der Waals surface area contributed by atoms with Gasteiger partial charge >= 0.3 is 0 Å². The van der Waals surface area contributed by atoms with Crippen molar-refractivity contribution < 1.29 is 10.2 Å². The second kappa shape index (κ2) is 1.92. The van der Waals surface area contributed by atoms with Gasteiger partial charge in [0.15, 0.2) is 0 Å². The Balaban J connectivity index is 2.55. The molecule has 0 aromatic carbocycles. The summed E-state index contributed by atoms with van der Waals surface area (Å²) >= 11 is 0. The van der Waals surface area contributed by atoms with E-state index in [0.717, 1.165) is 0 Å². The lowest BCUT2D eigenvalue weighted by Gasteiger charge is -2.10. The largest absolute Gasteiger partial charge is 0.390 e. The van der Waals surface area contributed by atoms with Crippen LogP contribution in [0.4, 0.5) is 0 Å². The standard InChI is InChI=1S/C5H9BO2/c6-3-1-2-4(7)5(3)8/h1-5,7-8H,6H2. The summed E-state index contributed by atoms with van der Waals surface area (Å²) in [7, 11) is 1.87. The van der Waals surface area contributed by atoms with E-state index in [1.54, 1.807) is 6.08 Å². The van der Waals surface area contributed by atoms with Crippen molar-refractivity contribution in [2.45, 2.75) is 18.0 Å². The third-order valence-electron chi connectivity index (χ3n) is 1.50. The third-order valence-corrected chi connectivity index (χ3v) is 1.50. The van der Waals surface area contributed by atoms with Crippen LogP contribution < -0.4 is 0 Å². The summed E-state index contributed by atoms with van der Waals surface area (Å²) in [6, 6.07) is 0. The molecule has 0 spiro atoms. The molecule has 0 amide bonds. The average Bonchev–Trinajstić information content (AvgIpc) is 1.98. The Morgan fingerprint density at radius 1 is 1.25 bits per heavy atom. The fourth-order valence-electron chi connectivity index (χ4n) is 0.828. The number of hydrogen-bond acceptors (Lipinski definition) is 2. The molecule has 0 saturated carbocycles. The van der Waals surface area contributed by atoms with E-state index >= 15 is 0 Å². The summed E-state index contributed by atoms with van der Waals surface area (Å²) in [6.07, 6.45) is 2.23. The average molecular weight is 112 g/mol. The van der Waals surface area contributed by atoms with Crippen LogP contribution >= 0.6 is 0 Å². The molecule has 0 fully saturated rings. The van der Waals surface area contributed by atoms with Crippen molar-refractivity contribution in [2.24, 2.45) is 0 Å². The van der Waals surface area contributed by atoms with Gasteiger partial charge in [-0.25, -0.2) is 0 Å². The Labute approximate surface area is 49.2 Å². The van der Waals surface area contributed by atoms with Crippen LogP contribution in [0.15, 0.2) is 12.2 Å². The minimum atomic E-state index is -0.634. The zero-order chi connectivity index (χ0) is 6.15. The van der Waals surface area contributed by atoms with Crippen LogP contribution in [0.3, 0.4) is 0 Å². The fourth-order valence-corrected chi connectivity index (χ4v) is 0.828. The smallest absolute Gasteiger partial charge is 0.113 e. The Kier molecular flexibility index (Phi) is 1.40. The molecule has 8 heavy (non-hydrogen) atoms. The molecule has 1 aliphatic rings. The molecule has 0 aliphatic heterocycles. The Morgan fingerprint density at radius 3 is 2.00 bits per heavy atom. The van der Waals surface area contributed by atoms with E-state index in [0.29, 0.717) is 0 Å². The second-order valence-electron chi connectivity index (χ2n) is 2.23. The van der Waals surface area contributed by atoms with E-state index in [1.807, 2.05) is 13.9 Å². The molecule has 2 N–H and O–H groups in total. The molecule has 0 aromatic rings. The van der Waals surface area contributed by atoms with E-state index in [-0.39, 0.29) is 5.82 Å². The fraction of sp³-hybridized carbons (Fsp3) is 0.600. The minimum absolute atomic E-state index is 0.116. The van der Waals surface area contributed by atoms with Crippen molar-refractivity contribution in [3.63, 3.8) is 0 Å². The van der Waals surface area contributed by atoms with Crippen molar-refractivity contribution >= 4 is 7.85 Å². The predicted octanol–water partition coefficient (Wildman–Crippen LogP) is -1.30. The van der Waals surface area contributed by atoms with Crippen LogP contribution in [0.25, 0.3) is 0 Å². The monoisotopic (exact) mass is 112 g/mol. The van der Waals surface area contributed by atoms with Gasteiger partial charge in [0.2, 0.25) is 0 Å². The quantitative estimate of drug-likeness (QED) is 0.302. The molecule has 44 valence electrons. The van der Waals surface area contributed by atoms with Crippen LogP contribution in [0.2, 0.25) is 5.82 Å². The van der Waals surface area contributed by atoms with Crippen molar-refractivity contribution in [1.82, 2.24) is 0 Å². The van der Waals surface area contributed by atoms with E-state index in [1.165, 1.54) is 0 Å². The van der Waals surface area contributed by atoms with Gasteiger partial charge in [0.05, 0.1) is 12.2 Å². The number of hydrogen-bond donors (Lipinski definition) is 2. The number of aliphatic hydroxyl groups excluding tert-OH is 2. The highest BCUT2D eigenvalue weighted by atomic mass is 16.3. The molecule has 0 radical (unpaired) electrons. The van der Waals surface area contributed by atoms with Gasteiger partial charge in [0.1, 0.15) is 7.85 Å². The maximum Gasteiger partial charge on any atom is 0.113 e. The van der Waals surface area contributed by atoms with Gasteiger partial charge in [0.25, 0.3) is 0 Å². The summed E-state index contributed by atoms with van der Waals surface area (Å²) in [5, 5.41) is 17.8. The van der Waals surface area contributed by atoms with E-state index in [4.69, 9.17) is 10.2 Å². The van der Waals surface area contributed by atoms with E-state index in [9.17, 15) is 0 Å². The molecule has 3 atom stereocenters. The first-order valence-corrected chi connectivity index (χ1v) is 2.76. The first kappa shape index (κ1) is 5.85. The second-order valence-corrected chi connectivity index (χ2v) is 2.23. The van der Waals surface area contributed by atoms with Crippen LogP contribution in [0.1, 0.15) is 0 Å². The lowest BCUT2D eigenvalue weighted by Crippen LogP contribution is -2.22. The summed E-state index contributed by atoms with van der Waals surface area (Å²) < 4.78 is 0. The van der Waals surface area contributed by atoms with Gasteiger partial charge in [-0.05, 0) is 5.82 Å². The van der Waals surface area contributed by atoms with Crippen molar-refractivity contribution in [3.8, 4) is 0 Å². The van der Waals surface area contributed by atoms with Crippen LogP contribution in [0.5, 0.6) is 0 Å². The van der Waals surface area contributed by atoms with E-state index in [2.05, 4.69) is 0 Å². The van der Waals surface area contributed by atoms with Crippen molar-refractivity contribution in [2.75, 3.05) is 0 Å². The summed E-state index contributed by atoms with van der Waals surface area (Å²) in [5.74, 6) is 0.116. The highest BCUT2D eigenvalue weighted by Gasteiger charge is 2.23. The molecule has 1 aliphatic carbocycles. The highest BCUT2D eigenvalue weighted by molar-refractivity contribution is 6.13. The molecular formula is C5H9BO2. The molecule has 2 nitrogen and oxygen atoms in total. The van der Waals surface area contributed by atoms with Crippen LogP contribution in [-0.4, -0.2) is 30.3 Å². The molecule has 3 unspecified atom stereocenters. The maximum absolute atomic E-state index is 8.95. The molecule has 0 bridgehead atoms. The van der Waals surface area contributed by atoms with Crippen LogP contribution in [-0.2, 0) is 0 Å². The van der Waals surface area contributed by atoms with Crippen molar-refractivity contribution in [3.05, 3.63) is 12.2 Å². The summed E-state index contributed by atoms with van der Waals surface area (Å²) in [4.78, 5) is 0. The van der Waals surface area contributed by atoms with Gasteiger partial charge in [0, 0.05) is 0 Å². The van der Waals surface area contributed by atoms with E-state index < -0.39 is 12.2 Å². The minimum Gasteiger partial charge on any atom is -0.390 e. The number of aliphatic hydroxyl groups is 2. The molecule has 0 saturated heterocycles. The molecule has 0 heterocycles. The number of rotatable bonds is 0. The Hall–Kier alpha value is -0.275. The highest BCUT2D eigenvalue weighted by Crippen LogP contribution is 2.19. The third kappa shape index (κ3) is 0.789. The van der Waals surface area contributed by atoms with Gasteiger partial charge in [-0.15, -0.1) is 0 Å². The topological polar surface area (TPSA) is 40.5 Å². The van der Waals surface area contributed by atoms with Gasteiger partial charge in [-0.2, -0.15) is 0 Å². The SMILES string of the molecule is BC1C=CC(O)C1O. The van der Waals surface area contributed by atoms with Gasteiger partial charge < -0.3 is 10.2 Å². The predicted molar refractivity (Wildman–Crippen MR) is 33.4 cm³/mol. The molecule has 0 aromatic heterocycles. The van der Waals surface area contributed by atoms with Gasteiger partial charge in [-0.3, -0.25) is 0 Å². The zero-order valence-electron chi connectivity index (χ0n) is 4.78. The zero-order valence-corrected chi connectivity index (χ0v) is 4.78. The Morgan fingerprint density at radius 2 is 1.88 bits per heavy atom. The van der Waals surface area contributed by atoms with Crippen molar-refractivity contribution in [1.29, 1.82) is 0 Å². The first-order valence-electron chi connectivity index (χ1n) is 2.76. The lowest BCUT2D eigenvalue weighted by atomic mass is 9.85. The molecular weight excluding hydrogens is 103 g/mol. The normalized spacial score (nSPS) is 45.5. The lowest BCUT2D eigenvalue weighted by molar-refractivity contribution is 0.0616. The summed E-state index contributed by atoms with van der Waals surface area (Å²) in [6.45, 7) is 0. The Bertz CT molecular complexity index is 101.